The van der Waals surface area contributed by atoms with Crippen LogP contribution in [0.5, 0.6) is 11.5 Å². The second kappa shape index (κ2) is 8.56. The van der Waals surface area contributed by atoms with E-state index in [1.165, 1.54) is 0 Å². The van der Waals surface area contributed by atoms with Crippen LogP contribution in [0.4, 0.5) is 0 Å². The largest absolute Gasteiger partial charge is 0.494 e. The Balaban J connectivity index is 1.54. The highest BCUT2D eigenvalue weighted by molar-refractivity contribution is 5.79. The first-order valence-corrected chi connectivity index (χ1v) is 9.15. The first kappa shape index (κ1) is 18.1. The zero-order valence-corrected chi connectivity index (χ0v) is 15.4. The molecule has 0 amide bonds. The Morgan fingerprint density at radius 3 is 2.54 bits per heavy atom. The molecule has 0 spiro atoms. The van der Waals surface area contributed by atoms with E-state index in [-0.39, 0.29) is 5.43 Å². The molecule has 0 unspecified atom stereocenters. The van der Waals surface area contributed by atoms with Gasteiger partial charge in [-0.05, 0) is 57.4 Å². The molecule has 1 aromatic heterocycles. The molecule has 0 saturated heterocycles. The number of rotatable bonds is 8. The van der Waals surface area contributed by atoms with Crippen molar-refractivity contribution in [3.05, 3.63) is 70.0 Å². The van der Waals surface area contributed by atoms with Crippen molar-refractivity contribution in [2.45, 2.75) is 33.1 Å². The summed E-state index contributed by atoms with van der Waals surface area (Å²) in [6.07, 6.45) is 2.72. The third-order valence-electron chi connectivity index (χ3n) is 4.46. The van der Waals surface area contributed by atoms with Crippen LogP contribution in [0.3, 0.4) is 0 Å². The number of aryl methyl sites for hydroxylation is 1. The molecule has 4 heteroatoms. The summed E-state index contributed by atoms with van der Waals surface area (Å²) in [5.41, 5.74) is 2.86. The van der Waals surface area contributed by atoms with Gasteiger partial charge < -0.3 is 14.5 Å². The predicted octanol–water partition coefficient (Wildman–Crippen LogP) is 4.64. The average Bonchev–Trinajstić information content (AvgIpc) is 2.66. The third-order valence-corrected chi connectivity index (χ3v) is 4.46. The fraction of sp³-hybridized carbons (Fsp3) is 0.318. The molecule has 0 atom stereocenters. The molecular formula is C22H25NO3. The van der Waals surface area contributed by atoms with Gasteiger partial charge in [-0.2, -0.15) is 0 Å². The first-order chi connectivity index (χ1) is 12.7. The number of hydrogen-bond acceptors (Lipinski definition) is 3. The van der Waals surface area contributed by atoms with Crippen molar-refractivity contribution in [2.75, 3.05) is 13.2 Å². The standard InChI is InChI=1S/C22H25NO3/c1-3-25-17-9-8-10-18(15-17)26-14-7-6-12-20-16(2)22(24)19-11-4-5-13-21(19)23-20/h4-5,8-11,13,15H,3,6-7,12,14H2,1-2H3,(H,23,24). The molecule has 3 rings (SSSR count). The second-order valence-corrected chi connectivity index (χ2v) is 6.32. The lowest BCUT2D eigenvalue weighted by atomic mass is 10.1. The minimum absolute atomic E-state index is 0.123. The van der Waals surface area contributed by atoms with E-state index in [1.807, 2.05) is 62.4 Å². The number of hydrogen-bond donors (Lipinski definition) is 1. The van der Waals surface area contributed by atoms with Gasteiger partial charge in [0.1, 0.15) is 11.5 Å². The smallest absolute Gasteiger partial charge is 0.192 e. The summed E-state index contributed by atoms with van der Waals surface area (Å²) in [7, 11) is 0. The van der Waals surface area contributed by atoms with Gasteiger partial charge in [0.05, 0.1) is 13.2 Å². The summed E-state index contributed by atoms with van der Waals surface area (Å²) in [4.78, 5) is 15.9. The maximum atomic E-state index is 12.5. The van der Waals surface area contributed by atoms with Gasteiger partial charge in [-0.1, -0.05) is 18.2 Å². The summed E-state index contributed by atoms with van der Waals surface area (Å²) in [6, 6.07) is 15.4. The van der Waals surface area contributed by atoms with Gasteiger partial charge in [-0.15, -0.1) is 0 Å². The van der Waals surface area contributed by atoms with Crippen molar-refractivity contribution in [2.24, 2.45) is 0 Å². The summed E-state index contributed by atoms with van der Waals surface area (Å²) in [5, 5.41) is 0.756. The monoisotopic (exact) mass is 351 g/mol. The summed E-state index contributed by atoms with van der Waals surface area (Å²) in [6.45, 7) is 5.15. The molecule has 1 N–H and O–H groups in total. The van der Waals surface area contributed by atoms with Crippen LogP contribution in [0.25, 0.3) is 10.9 Å². The number of fused-ring (bicyclic) bond motifs is 1. The van der Waals surface area contributed by atoms with Crippen LogP contribution in [0.1, 0.15) is 31.0 Å². The molecular weight excluding hydrogens is 326 g/mol. The van der Waals surface area contributed by atoms with Crippen LogP contribution < -0.4 is 14.9 Å². The number of nitrogens with one attached hydrogen (secondary N) is 1. The van der Waals surface area contributed by atoms with Gasteiger partial charge in [-0.25, -0.2) is 0 Å². The lowest BCUT2D eigenvalue weighted by molar-refractivity contribution is 0.300. The van der Waals surface area contributed by atoms with Crippen LogP contribution in [0.15, 0.2) is 53.3 Å². The lowest BCUT2D eigenvalue weighted by Gasteiger charge is -2.10. The highest BCUT2D eigenvalue weighted by Crippen LogP contribution is 2.20. The molecule has 3 aromatic rings. The Kier molecular flexibility index (Phi) is 5.95. The van der Waals surface area contributed by atoms with E-state index in [4.69, 9.17) is 9.47 Å². The van der Waals surface area contributed by atoms with E-state index in [1.54, 1.807) is 0 Å². The highest BCUT2D eigenvalue weighted by atomic mass is 16.5. The van der Waals surface area contributed by atoms with Crippen molar-refractivity contribution >= 4 is 10.9 Å². The van der Waals surface area contributed by atoms with Crippen molar-refractivity contribution < 1.29 is 9.47 Å². The lowest BCUT2D eigenvalue weighted by Crippen LogP contribution is -2.12. The molecule has 26 heavy (non-hydrogen) atoms. The number of ether oxygens (including phenoxy) is 2. The Morgan fingerprint density at radius 2 is 1.73 bits per heavy atom. The molecule has 0 aliphatic heterocycles. The molecule has 0 fully saturated rings. The molecule has 0 aliphatic rings. The van der Waals surface area contributed by atoms with Gasteiger partial charge in [0.25, 0.3) is 0 Å². The maximum Gasteiger partial charge on any atom is 0.192 e. The number of pyridine rings is 1. The molecule has 0 bridgehead atoms. The Labute approximate surface area is 153 Å². The van der Waals surface area contributed by atoms with Crippen molar-refractivity contribution in [1.82, 2.24) is 4.98 Å². The highest BCUT2D eigenvalue weighted by Gasteiger charge is 2.07. The Bertz CT molecular complexity index is 930. The summed E-state index contributed by atoms with van der Waals surface area (Å²) in [5.74, 6) is 1.65. The molecule has 1 heterocycles. The van der Waals surface area contributed by atoms with Gasteiger partial charge in [0.2, 0.25) is 0 Å². The average molecular weight is 351 g/mol. The molecule has 4 nitrogen and oxygen atoms in total. The van der Waals surface area contributed by atoms with E-state index >= 15 is 0 Å². The third kappa shape index (κ3) is 4.26. The van der Waals surface area contributed by atoms with E-state index in [0.29, 0.717) is 13.2 Å². The zero-order chi connectivity index (χ0) is 18.4. The molecule has 2 aromatic carbocycles. The van der Waals surface area contributed by atoms with E-state index < -0.39 is 0 Å². The quantitative estimate of drug-likeness (QED) is 0.602. The van der Waals surface area contributed by atoms with Gasteiger partial charge >= 0.3 is 0 Å². The fourth-order valence-corrected chi connectivity index (χ4v) is 3.05. The Morgan fingerprint density at radius 1 is 0.962 bits per heavy atom. The van der Waals surface area contributed by atoms with Crippen molar-refractivity contribution in [3.8, 4) is 11.5 Å². The van der Waals surface area contributed by atoms with Crippen LogP contribution in [-0.4, -0.2) is 18.2 Å². The van der Waals surface area contributed by atoms with Crippen molar-refractivity contribution in [3.63, 3.8) is 0 Å². The fourth-order valence-electron chi connectivity index (χ4n) is 3.05. The number of aromatic nitrogens is 1. The normalized spacial score (nSPS) is 10.8. The molecule has 136 valence electrons. The van der Waals surface area contributed by atoms with Gasteiger partial charge in [0, 0.05) is 28.2 Å². The molecule has 0 aliphatic carbocycles. The van der Waals surface area contributed by atoms with Crippen LogP contribution in [0, 0.1) is 6.92 Å². The number of benzene rings is 2. The first-order valence-electron chi connectivity index (χ1n) is 9.15. The molecule has 0 saturated carbocycles. The topological polar surface area (TPSA) is 51.3 Å². The zero-order valence-electron chi connectivity index (χ0n) is 15.4. The number of unbranched alkanes of at least 4 members (excludes halogenated alkanes) is 1. The Hall–Kier alpha value is -2.75. The van der Waals surface area contributed by atoms with Crippen LogP contribution >= 0.6 is 0 Å². The van der Waals surface area contributed by atoms with Gasteiger partial charge in [-0.3, -0.25) is 4.79 Å². The second-order valence-electron chi connectivity index (χ2n) is 6.32. The number of H-pyrrole nitrogens is 1. The van der Waals surface area contributed by atoms with E-state index in [2.05, 4.69) is 4.98 Å². The van der Waals surface area contributed by atoms with E-state index in [0.717, 1.165) is 52.9 Å². The number of aromatic amines is 1. The van der Waals surface area contributed by atoms with Crippen LogP contribution in [-0.2, 0) is 6.42 Å². The SMILES string of the molecule is CCOc1cccc(OCCCCc2[nH]c3ccccc3c(=O)c2C)c1. The summed E-state index contributed by atoms with van der Waals surface area (Å²) < 4.78 is 11.3. The minimum atomic E-state index is 0.123. The maximum absolute atomic E-state index is 12.5. The number of para-hydroxylation sites is 1. The van der Waals surface area contributed by atoms with Crippen LogP contribution in [0.2, 0.25) is 0 Å². The van der Waals surface area contributed by atoms with Crippen molar-refractivity contribution in [1.29, 1.82) is 0 Å². The molecule has 0 radical (unpaired) electrons. The minimum Gasteiger partial charge on any atom is -0.494 e. The summed E-state index contributed by atoms with van der Waals surface area (Å²) >= 11 is 0. The van der Waals surface area contributed by atoms with E-state index in [9.17, 15) is 4.79 Å². The predicted molar refractivity (Wildman–Crippen MR) is 105 cm³/mol. The van der Waals surface area contributed by atoms with Gasteiger partial charge in [0.15, 0.2) is 5.43 Å².